The summed E-state index contributed by atoms with van der Waals surface area (Å²) in [6.07, 6.45) is 4.90. The highest BCUT2D eigenvalue weighted by Crippen LogP contribution is 2.26. The molecule has 0 spiro atoms. The first-order valence-electron chi connectivity index (χ1n) is 9.19. The number of benzene rings is 2. The van der Waals surface area contributed by atoms with Crippen molar-refractivity contribution >= 4 is 27.9 Å². The highest BCUT2D eigenvalue weighted by Gasteiger charge is 2.10. The molecule has 0 radical (unpaired) electrons. The number of imidazole rings is 1. The number of rotatable bonds is 7. The number of aryl methyl sites for hydroxylation is 1. The van der Waals surface area contributed by atoms with Crippen LogP contribution in [0.25, 0.3) is 16.2 Å². The topological polar surface area (TPSA) is 64.9 Å². The number of hydrogen-bond donors (Lipinski definition) is 1. The molecule has 0 unspecified atom stereocenters. The van der Waals surface area contributed by atoms with Gasteiger partial charge < -0.3 is 14.8 Å². The van der Waals surface area contributed by atoms with Crippen molar-refractivity contribution in [2.24, 2.45) is 0 Å². The molecule has 29 heavy (non-hydrogen) atoms. The lowest BCUT2D eigenvalue weighted by atomic mass is 10.1. The van der Waals surface area contributed by atoms with Crippen molar-refractivity contribution in [2.75, 3.05) is 19.5 Å². The van der Waals surface area contributed by atoms with Crippen LogP contribution in [0, 0.1) is 0 Å². The zero-order valence-electron chi connectivity index (χ0n) is 16.2. The van der Waals surface area contributed by atoms with Crippen molar-refractivity contribution in [3.63, 3.8) is 0 Å². The van der Waals surface area contributed by atoms with Crippen LogP contribution in [0.1, 0.15) is 12.0 Å². The molecule has 0 atom stereocenters. The summed E-state index contributed by atoms with van der Waals surface area (Å²) in [4.78, 5) is 17.9. The normalized spacial score (nSPS) is 10.8. The smallest absolute Gasteiger partial charge is 0.224 e. The Hall–Kier alpha value is -3.32. The molecule has 0 bridgehead atoms. The minimum absolute atomic E-state index is 0.0508. The number of nitrogens with zero attached hydrogens (tertiary/aromatic N) is 2. The van der Waals surface area contributed by atoms with E-state index in [-0.39, 0.29) is 5.91 Å². The number of methoxy groups -OCH3 is 2. The maximum Gasteiger partial charge on any atom is 0.224 e. The van der Waals surface area contributed by atoms with Crippen molar-refractivity contribution in [1.82, 2.24) is 9.38 Å². The van der Waals surface area contributed by atoms with Crippen LogP contribution in [0.4, 0.5) is 5.69 Å². The molecular weight excluding hydrogens is 386 g/mol. The van der Waals surface area contributed by atoms with Crippen LogP contribution in [0.15, 0.2) is 60.2 Å². The first kappa shape index (κ1) is 19.0. The molecule has 2 aromatic carbocycles. The maximum atomic E-state index is 12.4. The zero-order chi connectivity index (χ0) is 20.2. The highest BCUT2D eigenvalue weighted by molar-refractivity contribution is 7.15. The fraction of sp³-hybridized carbons (Fsp3) is 0.182. The van der Waals surface area contributed by atoms with E-state index in [0.717, 1.165) is 39.0 Å². The molecule has 4 aromatic rings. The minimum Gasteiger partial charge on any atom is -0.497 e. The molecule has 0 aliphatic rings. The van der Waals surface area contributed by atoms with Gasteiger partial charge in [0.2, 0.25) is 5.91 Å². The third-order valence-electron chi connectivity index (χ3n) is 4.67. The first-order valence-corrected chi connectivity index (χ1v) is 10.1. The molecular formula is C22H21N3O3S. The van der Waals surface area contributed by atoms with Gasteiger partial charge in [-0.05, 0) is 42.3 Å². The monoisotopic (exact) mass is 407 g/mol. The molecule has 0 aliphatic carbocycles. The highest BCUT2D eigenvalue weighted by atomic mass is 32.1. The van der Waals surface area contributed by atoms with E-state index in [1.165, 1.54) is 0 Å². The summed E-state index contributed by atoms with van der Waals surface area (Å²) in [5.41, 5.74) is 3.63. The molecule has 0 saturated carbocycles. The van der Waals surface area contributed by atoms with Crippen LogP contribution < -0.4 is 14.8 Å². The largest absolute Gasteiger partial charge is 0.497 e. The molecule has 1 N–H and O–H groups in total. The second-order valence-corrected chi connectivity index (χ2v) is 7.40. The second kappa shape index (κ2) is 8.36. The van der Waals surface area contributed by atoms with E-state index in [1.807, 2.05) is 64.6 Å². The fourth-order valence-electron chi connectivity index (χ4n) is 3.14. The Morgan fingerprint density at radius 3 is 2.69 bits per heavy atom. The summed E-state index contributed by atoms with van der Waals surface area (Å²) >= 11 is 1.60. The quantitative estimate of drug-likeness (QED) is 0.484. The van der Waals surface area contributed by atoms with Gasteiger partial charge in [-0.1, -0.05) is 12.1 Å². The van der Waals surface area contributed by atoms with E-state index in [4.69, 9.17) is 9.47 Å². The molecule has 1 amide bonds. The standard InChI is InChI=1S/C22H21N3O3S/c1-27-18-8-9-20(28-2)16(13-18)5-10-21(26)23-17-6-3-15(4-7-17)19-14-25-11-12-29-22(25)24-19/h3-4,6-9,11-14H,5,10H2,1-2H3,(H,23,26). The Morgan fingerprint density at radius 2 is 1.97 bits per heavy atom. The lowest BCUT2D eigenvalue weighted by Gasteiger charge is -2.11. The van der Waals surface area contributed by atoms with Gasteiger partial charge in [0.05, 0.1) is 19.9 Å². The predicted octanol–water partition coefficient (Wildman–Crippen LogP) is 4.65. The summed E-state index contributed by atoms with van der Waals surface area (Å²) < 4.78 is 12.6. The fourth-order valence-corrected chi connectivity index (χ4v) is 3.84. The number of nitrogens with one attached hydrogen (secondary N) is 1. The van der Waals surface area contributed by atoms with Crippen LogP contribution in [-0.2, 0) is 11.2 Å². The number of hydrogen-bond acceptors (Lipinski definition) is 5. The number of fused-ring (bicyclic) bond motifs is 1. The van der Waals surface area contributed by atoms with Crippen molar-refractivity contribution in [2.45, 2.75) is 12.8 Å². The molecule has 0 fully saturated rings. The van der Waals surface area contributed by atoms with Crippen LogP contribution in [-0.4, -0.2) is 29.5 Å². The zero-order valence-corrected chi connectivity index (χ0v) is 17.0. The van der Waals surface area contributed by atoms with E-state index >= 15 is 0 Å². The summed E-state index contributed by atoms with van der Waals surface area (Å²) in [6, 6.07) is 13.3. The number of carbonyl (C=O) groups is 1. The van der Waals surface area contributed by atoms with Crippen molar-refractivity contribution in [3.05, 3.63) is 65.8 Å². The van der Waals surface area contributed by atoms with Gasteiger partial charge in [-0.3, -0.25) is 9.20 Å². The summed E-state index contributed by atoms with van der Waals surface area (Å²) in [6.45, 7) is 0. The van der Waals surface area contributed by atoms with Gasteiger partial charge in [-0.2, -0.15) is 0 Å². The van der Waals surface area contributed by atoms with Gasteiger partial charge in [0, 0.05) is 35.4 Å². The Bertz CT molecular complexity index is 1100. The lowest BCUT2D eigenvalue weighted by Crippen LogP contribution is -2.12. The van der Waals surface area contributed by atoms with Gasteiger partial charge in [-0.15, -0.1) is 11.3 Å². The third-order valence-corrected chi connectivity index (χ3v) is 5.44. The Balaban J connectivity index is 1.38. The minimum atomic E-state index is -0.0508. The summed E-state index contributed by atoms with van der Waals surface area (Å²) in [5.74, 6) is 1.45. The third kappa shape index (κ3) is 4.25. The summed E-state index contributed by atoms with van der Waals surface area (Å²) in [7, 11) is 3.24. The van der Waals surface area contributed by atoms with E-state index in [1.54, 1.807) is 25.6 Å². The first-order chi connectivity index (χ1) is 14.2. The van der Waals surface area contributed by atoms with Gasteiger partial charge in [-0.25, -0.2) is 4.98 Å². The van der Waals surface area contributed by atoms with Crippen molar-refractivity contribution in [1.29, 1.82) is 0 Å². The Kier molecular flexibility index (Phi) is 5.48. The number of amides is 1. The van der Waals surface area contributed by atoms with Crippen LogP contribution in [0.5, 0.6) is 11.5 Å². The number of carbonyl (C=O) groups excluding carboxylic acids is 1. The number of ether oxygens (including phenoxy) is 2. The SMILES string of the molecule is COc1ccc(OC)c(CCC(=O)Nc2ccc(-c3cn4ccsc4n3)cc2)c1. The lowest BCUT2D eigenvalue weighted by molar-refractivity contribution is -0.116. The van der Waals surface area contributed by atoms with Crippen LogP contribution in [0.3, 0.4) is 0 Å². The van der Waals surface area contributed by atoms with Gasteiger partial charge >= 0.3 is 0 Å². The molecule has 0 saturated heterocycles. The van der Waals surface area contributed by atoms with Crippen LogP contribution in [0.2, 0.25) is 0 Å². The van der Waals surface area contributed by atoms with E-state index in [0.29, 0.717) is 12.8 Å². The molecule has 148 valence electrons. The molecule has 0 aliphatic heterocycles. The molecule has 2 aromatic heterocycles. The van der Waals surface area contributed by atoms with E-state index < -0.39 is 0 Å². The molecule has 6 nitrogen and oxygen atoms in total. The Labute approximate surface area is 172 Å². The Morgan fingerprint density at radius 1 is 1.14 bits per heavy atom. The summed E-state index contributed by atoms with van der Waals surface area (Å²) in [5, 5.41) is 4.95. The van der Waals surface area contributed by atoms with Crippen molar-refractivity contribution < 1.29 is 14.3 Å². The van der Waals surface area contributed by atoms with Crippen LogP contribution >= 0.6 is 11.3 Å². The van der Waals surface area contributed by atoms with Gasteiger partial charge in [0.15, 0.2) is 4.96 Å². The van der Waals surface area contributed by atoms with Gasteiger partial charge in [0.25, 0.3) is 0 Å². The molecule has 2 heterocycles. The van der Waals surface area contributed by atoms with Gasteiger partial charge in [0.1, 0.15) is 11.5 Å². The average Bonchev–Trinajstić information content (AvgIpc) is 3.35. The van der Waals surface area contributed by atoms with E-state index in [9.17, 15) is 4.79 Å². The number of thiazole rings is 1. The number of anilines is 1. The molecule has 7 heteroatoms. The molecule has 4 rings (SSSR count). The number of aromatic nitrogens is 2. The second-order valence-electron chi connectivity index (χ2n) is 6.52. The predicted molar refractivity (Wildman–Crippen MR) is 115 cm³/mol. The average molecular weight is 407 g/mol. The van der Waals surface area contributed by atoms with Crippen molar-refractivity contribution in [3.8, 4) is 22.8 Å². The maximum absolute atomic E-state index is 12.4. The van der Waals surface area contributed by atoms with E-state index in [2.05, 4.69) is 10.3 Å².